The van der Waals surface area contributed by atoms with E-state index in [1.807, 2.05) is 32.0 Å². The first-order valence-electron chi connectivity index (χ1n) is 8.55. The molecule has 1 aliphatic heterocycles. The first kappa shape index (κ1) is 19.8. The number of nitrogens with zero attached hydrogens (tertiary/aromatic N) is 1. The third kappa shape index (κ3) is 4.32. The maximum absolute atomic E-state index is 12.8. The zero-order valence-corrected chi connectivity index (χ0v) is 16.7. The molecule has 0 radical (unpaired) electrons. The molecule has 0 bridgehead atoms. The van der Waals surface area contributed by atoms with Crippen molar-refractivity contribution in [2.45, 2.75) is 18.7 Å². The van der Waals surface area contributed by atoms with Gasteiger partial charge in [0.1, 0.15) is 0 Å². The first-order valence-corrected chi connectivity index (χ1v) is 10.4. The number of sulfonamides is 1. The van der Waals surface area contributed by atoms with Gasteiger partial charge in [-0.2, -0.15) is 4.31 Å². The number of aryl methyl sites for hydroxylation is 2. The number of hydrogen-bond donors (Lipinski definition) is 1. The minimum atomic E-state index is -3.71. The van der Waals surface area contributed by atoms with Crippen molar-refractivity contribution in [3.8, 4) is 0 Å². The fourth-order valence-corrected chi connectivity index (χ4v) is 4.47. The van der Waals surface area contributed by atoms with Crippen molar-refractivity contribution in [3.63, 3.8) is 0 Å². The number of nitrogens with one attached hydrogen (secondary N) is 1. The Bertz CT molecular complexity index is 970. The molecule has 0 aliphatic carbocycles. The lowest BCUT2D eigenvalue weighted by Crippen LogP contribution is -2.40. The van der Waals surface area contributed by atoms with E-state index >= 15 is 0 Å². The van der Waals surface area contributed by atoms with Gasteiger partial charge in [-0.3, -0.25) is 4.79 Å². The second-order valence-electron chi connectivity index (χ2n) is 6.43. The molecule has 1 saturated heterocycles. The SMILES string of the molecule is Cc1ccc(C)c(NC(=O)c2cc(S(=O)(=O)N3CCOCC3)ccc2Cl)c1. The summed E-state index contributed by atoms with van der Waals surface area (Å²) in [7, 11) is -3.71. The highest BCUT2D eigenvalue weighted by molar-refractivity contribution is 7.89. The van der Waals surface area contributed by atoms with E-state index in [0.29, 0.717) is 18.9 Å². The molecule has 0 saturated carbocycles. The van der Waals surface area contributed by atoms with Crippen molar-refractivity contribution >= 4 is 33.2 Å². The predicted molar refractivity (Wildman–Crippen MR) is 105 cm³/mol. The van der Waals surface area contributed by atoms with Gasteiger partial charge in [-0.1, -0.05) is 23.7 Å². The monoisotopic (exact) mass is 408 g/mol. The van der Waals surface area contributed by atoms with Gasteiger partial charge in [0.05, 0.1) is 28.7 Å². The van der Waals surface area contributed by atoms with Gasteiger partial charge >= 0.3 is 0 Å². The van der Waals surface area contributed by atoms with Gasteiger partial charge in [-0.25, -0.2) is 8.42 Å². The number of anilines is 1. The molecule has 2 aromatic carbocycles. The van der Waals surface area contributed by atoms with Crippen LogP contribution in [-0.4, -0.2) is 44.9 Å². The third-order valence-corrected chi connectivity index (χ3v) is 6.66. The summed E-state index contributed by atoms with van der Waals surface area (Å²) in [4.78, 5) is 12.8. The molecule has 2 aromatic rings. The molecule has 27 heavy (non-hydrogen) atoms. The number of halogens is 1. The van der Waals surface area contributed by atoms with E-state index in [9.17, 15) is 13.2 Å². The second kappa shape index (κ2) is 7.98. The molecule has 8 heteroatoms. The Morgan fingerprint density at radius 2 is 1.81 bits per heavy atom. The maximum atomic E-state index is 12.8. The smallest absolute Gasteiger partial charge is 0.257 e. The highest BCUT2D eigenvalue weighted by Gasteiger charge is 2.27. The number of benzene rings is 2. The number of carbonyl (C=O) groups is 1. The quantitative estimate of drug-likeness (QED) is 0.842. The Labute approximate surface area is 164 Å². The van der Waals surface area contributed by atoms with Gasteiger partial charge in [-0.15, -0.1) is 0 Å². The molecule has 3 rings (SSSR count). The van der Waals surface area contributed by atoms with Crippen LogP contribution in [-0.2, 0) is 14.8 Å². The standard InChI is InChI=1S/C19H21ClN2O4S/c1-13-3-4-14(2)18(11-13)21-19(23)16-12-15(5-6-17(16)20)27(24,25)22-7-9-26-10-8-22/h3-6,11-12H,7-10H2,1-2H3,(H,21,23). The first-order chi connectivity index (χ1) is 12.8. The fraction of sp³-hybridized carbons (Fsp3) is 0.316. The lowest BCUT2D eigenvalue weighted by molar-refractivity contribution is 0.0730. The Morgan fingerprint density at radius 3 is 2.52 bits per heavy atom. The van der Waals surface area contributed by atoms with Crippen LogP contribution in [0.25, 0.3) is 0 Å². The summed E-state index contributed by atoms with van der Waals surface area (Å²) in [5.74, 6) is -0.451. The highest BCUT2D eigenvalue weighted by Crippen LogP contribution is 2.25. The van der Waals surface area contributed by atoms with Gasteiger partial charge in [0.25, 0.3) is 5.91 Å². The van der Waals surface area contributed by atoms with Crippen molar-refractivity contribution in [1.29, 1.82) is 0 Å². The van der Waals surface area contributed by atoms with E-state index in [4.69, 9.17) is 16.3 Å². The van der Waals surface area contributed by atoms with Crippen molar-refractivity contribution < 1.29 is 17.9 Å². The average molecular weight is 409 g/mol. The van der Waals surface area contributed by atoms with Gasteiger partial charge in [0.15, 0.2) is 0 Å². The van der Waals surface area contributed by atoms with Gasteiger partial charge in [-0.05, 0) is 49.2 Å². The summed E-state index contributed by atoms with van der Waals surface area (Å²) >= 11 is 6.17. The summed E-state index contributed by atoms with van der Waals surface area (Å²) in [6, 6.07) is 9.90. The fourth-order valence-electron chi connectivity index (χ4n) is 2.84. The van der Waals surface area contributed by atoms with Gasteiger partial charge < -0.3 is 10.1 Å². The zero-order chi connectivity index (χ0) is 19.6. The minimum Gasteiger partial charge on any atom is -0.379 e. The highest BCUT2D eigenvalue weighted by atomic mass is 35.5. The normalized spacial score (nSPS) is 15.5. The molecular formula is C19H21ClN2O4S. The molecular weight excluding hydrogens is 388 g/mol. The number of carbonyl (C=O) groups excluding carboxylic acids is 1. The molecule has 1 heterocycles. The Morgan fingerprint density at radius 1 is 1.11 bits per heavy atom. The molecule has 6 nitrogen and oxygen atoms in total. The van der Waals surface area contributed by atoms with Crippen LogP contribution in [0.4, 0.5) is 5.69 Å². The van der Waals surface area contributed by atoms with E-state index in [-0.39, 0.29) is 28.6 Å². The molecule has 0 unspecified atom stereocenters. The predicted octanol–water partition coefficient (Wildman–Crippen LogP) is 3.23. The second-order valence-corrected chi connectivity index (χ2v) is 8.78. The molecule has 0 atom stereocenters. The molecule has 1 aliphatic rings. The van der Waals surface area contributed by atoms with Gasteiger partial charge in [0, 0.05) is 18.8 Å². The topological polar surface area (TPSA) is 75.7 Å². The molecule has 1 fully saturated rings. The van der Waals surface area contributed by atoms with Crippen LogP contribution < -0.4 is 5.32 Å². The summed E-state index contributed by atoms with van der Waals surface area (Å²) in [6.07, 6.45) is 0. The maximum Gasteiger partial charge on any atom is 0.257 e. The molecule has 144 valence electrons. The van der Waals surface area contributed by atoms with Crippen molar-refractivity contribution in [1.82, 2.24) is 4.31 Å². The molecule has 1 N–H and O–H groups in total. The number of hydrogen-bond acceptors (Lipinski definition) is 4. The summed E-state index contributed by atoms with van der Waals surface area (Å²) in [5.41, 5.74) is 2.69. The number of morpholine rings is 1. The zero-order valence-electron chi connectivity index (χ0n) is 15.2. The minimum absolute atomic E-state index is 0.0416. The number of ether oxygens (including phenoxy) is 1. The largest absolute Gasteiger partial charge is 0.379 e. The Hall–Kier alpha value is -1.93. The summed E-state index contributed by atoms with van der Waals surface area (Å²) < 4.78 is 32.2. The lowest BCUT2D eigenvalue weighted by atomic mass is 10.1. The Balaban J connectivity index is 1.91. The van der Waals surface area contributed by atoms with E-state index in [1.165, 1.54) is 22.5 Å². The van der Waals surface area contributed by atoms with E-state index < -0.39 is 15.9 Å². The van der Waals surface area contributed by atoms with Crippen LogP contribution in [0.15, 0.2) is 41.3 Å². The van der Waals surface area contributed by atoms with Crippen LogP contribution in [0, 0.1) is 13.8 Å². The molecule has 0 aromatic heterocycles. The summed E-state index contributed by atoms with van der Waals surface area (Å²) in [5, 5.41) is 3.01. The van der Waals surface area contributed by atoms with Crippen LogP contribution in [0.2, 0.25) is 5.02 Å². The Kier molecular flexibility index (Phi) is 5.86. The lowest BCUT2D eigenvalue weighted by Gasteiger charge is -2.26. The van der Waals surface area contributed by atoms with E-state index in [1.54, 1.807) is 0 Å². The van der Waals surface area contributed by atoms with Crippen LogP contribution in [0.5, 0.6) is 0 Å². The molecule has 0 spiro atoms. The van der Waals surface area contributed by atoms with E-state index in [2.05, 4.69) is 5.32 Å². The van der Waals surface area contributed by atoms with Crippen molar-refractivity contribution in [2.24, 2.45) is 0 Å². The van der Waals surface area contributed by atoms with Crippen molar-refractivity contribution in [3.05, 3.63) is 58.1 Å². The molecule has 1 amide bonds. The van der Waals surface area contributed by atoms with Crippen molar-refractivity contribution in [2.75, 3.05) is 31.6 Å². The number of amides is 1. The van der Waals surface area contributed by atoms with E-state index in [0.717, 1.165) is 11.1 Å². The average Bonchev–Trinajstić information content (AvgIpc) is 2.65. The van der Waals surface area contributed by atoms with Crippen LogP contribution in [0.3, 0.4) is 0 Å². The van der Waals surface area contributed by atoms with Crippen LogP contribution in [0.1, 0.15) is 21.5 Å². The van der Waals surface area contributed by atoms with Gasteiger partial charge in [0.2, 0.25) is 10.0 Å². The van der Waals surface area contributed by atoms with Crippen LogP contribution >= 0.6 is 11.6 Å². The number of rotatable bonds is 4. The third-order valence-electron chi connectivity index (χ3n) is 4.43. The summed E-state index contributed by atoms with van der Waals surface area (Å²) in [6.45, 7) is 5.09.